The zero-order valence-electron chi connectivity index (χ0n) is 18.2. The average molecular weight is 444 g/mol. The molecule has 3 heterocycles. The molecule has 0 saturated carbocycles. The van der Waals surface area contributed by atoms with Crippen LogP contribution < -0.4 is 15.4 Å². The van der Waals surface area contributed by atoms with Crippen LogP contribution in [0.4, 0.5) is 10.6 Å². The number of nitrogens with one attached hydrogen (secondary N) is 2. The number of anilines is 1. The second-order valence-electron chi connectivity index (χ2n) is 7.69. The number of morpholine rings is 1. The highest BCUT2D eigenvalue weighted by Gasteiger charge is 2.14. The van der Waals surface area contributed by atoms with Crippen LogP contribution in [0.25, 0.3) is 16.7 Å². The quantitative estimate of drug-likeness (QED) is 0.402. The van der Waals surface area contributed by atoms with Crippen molar-refractivity contribution in [3.05, 3.63) is 24.0 Å². The van der Waals surface area contributed by atoms with Crippen molar-refractivity contribution in [1.82, 2.24) is 29.8 Å². The molecule has 1 amide bonds. The molecule has 4 rings (SSSR count). The molecule has 1 saturated heterocycles. The zero-order valence-corrected chi connectivity index (χ0v) is 18.2. The molecule has 3 aromatic rings. The summed E-state index contributed by atoms with van der Waals surface area (Å²) < 4.78 is 13.3. The van der Waals surface area contributed by atoms with Gasteiger partial charge in [-0.25, -0.2) is 9.78 Å². The van der Waals surface area contributed by atoms with Crippen LogP contribution in [0.3, 0.4) is 0 Å². The number of aromatic nitrogens is 4. The number of aryl methyl sites for hydroxylation is 1. The first-order chi connectivity index (χ1) is 15.6. The predicted molar refractivity (Wildman–Crippen MR) is 120 cm³/mol. The summed E-state index contributed by atoms with van der Waals surface area (Å²) in [5, 5.41) is 22.8. The van der Waals surface area contributed by atoms with E-state index < -0.39 is 6.09 Å². The fourth-order valence-corrected chi connectivity index (χ4v) is 3.73. The molecule has 3 N–H and O–H groups in total. The highest BCUT2D eigenvalue weighted by atomic mass is 16.5. The maximum Gasteiger partial charge on any atom is 0.404 e. The second-order valence-corrected chi connectivity index (χ2v) is 7.69. The lowest BCUT2D eigenvalue weighted by molar-refractivity contribution is 0.0322. The van der Waals surface area contributed by atoms with E-state index in [1.807, 2.05) is 29.5 Å². The molecule has 1 aliphatic rings. The molecular weight excluding hydrogens is 414 g/mol. The molecule has 0 bridgehead atoms. The SMILES string of the molecule is Cc1nnc2c(NCCCCNC(=O)O)nc3cc(OCCN4CCOCC4)ccc3n12. The van der Waals surface area contributed by atoms with Gasteiger partial charge in [-0.05, 0) is 31.9 Å². The van der Waals surface area contributed by atoms with Gasteiger partial charge in [-0.1, -0.05) is 0 Å². The molecule has 172 valence electrons. The van der Waals surface area contributed by atoms with E-state index in [0.29, 0.717) is 31.2 Å². The first-order valence-electron chi connectivity index (χ1n) is 10.9. The van der Waals surface area contributed by atoms with Crippen molar-refractivity contribution in [3.8, 4) is 5.75 Å². The second kappa shape index (κ2) is 10.4. The van der Waals surface area contributed by atoms with Gasteiger partial charge in [0, 0.05) is 38.8 Å². The van der Waals surface area contributed by atoms with Crippen LogP contribution >= 0.6 is 0 Å². The summed E-state index contributed by atoms with van der Waals surface area (Å²) in [7, 11) is 0. The monoisotopic (exact) mass is 443 g/mol. The van der Waals surface area contributed by atoms with Crippen LogP contribution in [-0.2, 0) is 4.74 Å². The van der Waals surface area contributed by atoms with Gasteiger partial charge in [0.25, 0.3) is 0 Å². The number of fused-ring (bicyclic) bond motifs is 3. The normalized spacial score (nSPS) is 14.7. The van der Waals surface area contributed by atoms with Crippen LogP contribution in [0.1, 0.15) is 18.7 Å². The number of rotatable bonds is 10. The van der Waals surface area contributed by atoms with Crippen molar-refractivity contribution in [2.24, 2.45) is 0 Å². The molecule has 0 aliphatic carbocycles. The van der Waals surface area contributed by atoms with Gasteiger partial charge in [-0.2, -0.15) is 0 Å². The summed E-state index contributed by atoms with van der Waals surface area (Å²) in [6, 6.07) is 5.87. The molecular formula is C21H29N7O4. The number of benzene rings is 1. The van der Waals surface area contributed by atoms with Gasteiger partial charge in [0.15, 0.2) is 5.82 Å². The Bertz CT molecular complexity index is 1070. The first kappa shape index (κ1) is 22.0. The van der Waals surface area contributed by atoms with Gasteiger partial charge < -0.3 is 25.2 Å². The minimum atomic E-state index is -1.00. The van der Waals surface area contributed by atoms with E-state index in [-0.39, 0.29) is 0 Å². The van der Waals surface area contributed by atoms with E-state index in [1.165, 1.54) is 0 Å². The molecule has 2 aromatic heterocycles. The number of carbonyl (C=O) groups is 1. The van der Waals surface area contributed by atoms with Crippen LogP contribution in [0.2, 0.25) is 0 Å². The predicted octanol–water partition coefficient (Wildman–Crippen LogP) is 1.76. The fraction of sp³-hybridized carbons (Fsp3) is 0.524. The van der Waals surface area contributed by atoms with E-state index in [4.69, 9.17) is 19.6 Å². The lowest BCUT2D eigenvalue weighted by atomic mass is 10.2. The van der Waals surface area contributed by atoms with Crippen molar-refractivity contribution in [2.45, 2.75) is 19.8 Å². The summed E-state index contributed by atoms with van der Waals surface area (Å²) in [6.45, 7) is 7.89. The lowest BCUT2D eigenvalue weighted by Gasteiger charge is -2.26. The van der Waals surface area contributed by atoms with Crippen molar-refractivity contribution < 1.29 is 19.4 Å². The summed E-state index contributed by atoms with van der Waals surface area (Å²) in [5.41, 5.74) is 2.37. The van der Waals surface area contributed by atoms with E-state index in [1.54, 1.807) is 0 Å². The maximum atomic E-state index is 10.5. The lowest BCUT2D eigenvalue weighted by Crippen LogP contribution is -2.38. The molecule has 1 aliphatic heterocycles. The Morgan fingerprint density at radius 1 is 1.22 bits per heavy atom. The molecule has 0 unspecified atom stereocenters. The Kier molecular flexibility index (Phi) is 7.17. The van der Waals surface area contributed by atoms with E-state index >= 15 is 0 Å². The Labute approximate surface area is 185 Å². The third-order valence-corrected chi connectivity index (χ3v) is 5.41. The number of carboxylic acid groups (broad SMARTS) is 1. The Hall–Kier alpha value is -3.18. The number of ether oxygens (including phenoxy) is 2. The zero-order chi connectivity index (χ0) is 22.3. The summed E-state index contributed by atoms with van der Waals surface area (Å²) >= 11 is 0. The Morgan fingerprint density at radius 2 is 2.03 bits per heavy atom. The number of nitrogens with zero attached hydrogens (tertiary/aromatic N) is 5. The first-order valence-corrected chi connectivity index (χ1v) is 10.9. The molecule has 11 nitrogen and oxygen atoms in total. The van der Waals surface area contributed by atoms with Crippen LogP contribution in [-0.4, -0.2) is 88.2 Å². The van der Waals surface area contributed by atoms with Gasteiger partial charge in [-0.3, -0.25) is 9.30 Å². The summed E-state index contributed by atoms with van der Waals surface area (Å²) in [5.74, 6) is 2.20. The molecule has 1 aromatic carbocycles. The summed E-state index contributed by atoms with van der Waals surface area (Å²) in [4.78, 5) is 17.6. The largest absolute Gasteiger partial charge is 0.492 e. The highest BCUT2D eigenvalue weighted by molar-refractivity contribution is 5.84. The van der Waals surface area contributed by atoms with Crippen LogP contribution in [0, 0.1) is 6.92 Å². The third kappa shape index (κ3) is 5.35. The van der Waals surface area contributed by atoms with Gasteiger partial charge in [0.2, 0.25) is 5.65 Å². The number of hydrogen-bond donors (Lipinski definition) is 3. The smallest absolute Gasteiger partial charge is 0.404 e. The van der Waals surface area contributed by atoms with Crippen molar-refractivity contribution >= 4 is 28.6 Å². The number of amides is 1. The van der Waals surface area contributed by atoms with E-state index in [2.05, 4.69) is 25.7 Å². The Balaban J connectivity index is 1.44. The maximum absolute atomic E-state index is 10.5. The molecule has 0 radical (unpaired) electrons. The van der Waals surface area contributed by atoms with E-state index in [0.717, 1.165) is 68.3 Å². The number of unbranched alkanes of at least 4 members (excludes halogenated alkanes) is 1. The van der Waals surface area contributed by atoms with Crippen molar-refractivity contribution in [3.63, 3.8) is 0 Å². The topological polar surface area (TPSA) is 126 Å². The molecule has 1 fully saturated rings. The fourth-order valence-electron chi connectivity index (χ4n) is 3.73. The van der Waals surface area contributed by atoms with Gasteiger partial charge in [-0.15, -0.1) is 10.2 Å². The average Bonchev–Trinajstić information content (AvgIpc) is 3.18. The van der Waals surface area contributed by atoms with Crippen LogP contribution in [0.15, 0.2) is 18.2 Å². The molecule has 11 heteroatoms. The minimum absolute atomic E-state index is 0.423. The van der Waals surface area contributed by atoms with Gasteiger partial charge in [0.05, 0.1) is 24.2 Å². The minimum Gasteiger partial charge on any atom is -0.492 e. The van der Waals surface area contributed by atoms with E-state index in [9.17, 15) is 4.79 Å². The molecule has 32 heavy (non-hydrogen) atoms. The van der Waals surface area contributed by atoms with Crippen molar-refractivity contribution in [2.75, 3.05) is 57.9 Å². The standard InChI is InChI=1S/C21H29N7O4/c1-15-25-26-20-19(22-6-2-3-7-23-21(29)30)24-17-14-16(4-5-18(17)28(15)20)32-13-10-27-8-11-31-12-9-27/h4-5,14,23H,2-3,6-13H2,1H3,(H,22,24)(H,29,30). The third-order valence-electron chi connectivity index (χ3n) is 5.41. The highest BCUT2D eigenvalue weighted by Crippen LogP contribution is 2.25. The number of hydrogen-bond acceptors (Lipinski definition) is 8. The van der Waals surface area contributed by atoms with Gasteiger partial charge in [0.1, 0.15) is 18.2 Å². The van der Waals surface area contributed by atoms with Crippen LogP contribution in [0.5, 0.6) is 5.75 Å². The van der Waals surface area contributed by atoms with Crippen molar-refractivity contribution in [1.29, 1.82) is 0 Å². The summed E-state index contributed by atoms with van der Waals surface area (Å²) in [6.07, 6.45) is 0.526. The Morgan fingerprint density at radius 3 is 2.84 bits per heavy atom. The molecule has 0 atom stereocenters. The molecule has 0 spiro atoms. The van der Waals surface area contributed by atoms with Gasteiger partial charge >= 0.3 is 6.09 Å².